The fourth-order valence-corrected chi connectivity index (χ4v) is 2.54. The Morgan fingerprint density at radius 3 is 3.14 bits per heavy atom. The van der Waals surface area contributed by atoms with E-state index in [9.17, 15) is 0 Å². The van der Waals surface area contributed by atoms with Crippen molar-refractivity contribution in [1.29, 1.82) is 0 Å². The van der Waals surface area contributed by atoms with Gasteiger partial charge in [0.25, 0.3) is 0 Å². The molecule has 4 N–H and O–H groups in total. The summed E-state index contributed by atoms with van der Waals surface area (Å²) in [6.45, 7) is 0.692. The molecule has 1 aromatic heterocycles. The molecule has 0 fully saturated rings. The zero-order valence-corrected chi connectivity index (χ0v) is 12.8. The van der Waals surface area contributed by atoms with Crippen molar-refractivity contribution < 1.29 is 4.74 Å². The number of hydrogen-bond acceptors (Lipinski definition) is 4. The summed E-state index contributed by atoms with van der Waals surface area (Å²) in [5.74, 6) is 1.67. The summed E-state index contributed by atoms with van der Waals surface area (Å²) in [6, 6.07) is 5.99. The van der Waals surface area contributed by atoms with Crippen LogP contribution < -0.4 is 15.8 Å². The number of fused-ring (bicyclic) bond motifs is 4. The molecular weight excluding hydrogens is 276 g/mol. The van der Waals surface area contributed by atoms with Crippen LogP contribution in [-0.4, -0.2) is 23.6 Å². The number of nitrogens with one attached hydrogen (secondary N) is 2. The Bertz CT molecular complexity index is 662. The van der Waals surface area contributed by atoms with E-state index in [1.165, 1.54) is 0 Å². The van der Waals surface area contributed by atoms with E-state index in [1.54, 1.807) is 0 Å². The van der Waals surface area contributed by atoms with Gasteiger partial charge in [0.05, 0.1) is 24.5 Å². The average molecular weight is 298 g/mol. The molecule has 0 saturated heterocycles. The van der Waals surface area contributed by atoms with Crippen molar-refractivity contribution in [2.45, 2.75) is 25.3 Å². The van der Waals surface area contributed by atoms with Gasteiger partial charge in [0.15, 0.2) is 0 Å². The molecule has 1 atom stereocenters. The van der Waals surface area contributed by atoms with E-state index in [4.69, 9.17) is 10.5 Å². The molecule has 1 unspecified atom stereocenters. The molecule has 0 aliphatic carbocycles. The number of nitrogens with two attached hydrogens (primary N) is 1. The fourth-order valence-electron chi connectivity index (χ4n) is 2.54. The number of anilines is 1. The number of allylic oxidation sites excluding steroid dienone is 1. The Morgan fingerprint density at radius 2 is 2.27 bits per heavy atom. The van der Waals surface area contributed by atoms with E-state index in [1.807, 2.05) is 31.4 Å². The first-order valence-electron chi connectivity index (χ1n) is 7.68. The molecule has 1 aliphatic heterocycles. The Morgan fingerprint density at radius 1 is 1.36 bits per heavy atom. The minimum Gasteiger partial charge on any atom is -0.493 e. The maximum absolute atomic E-state index is 6.18. The molecule has 22 heavy (non-hydrogen) atoms. The summed E-state index contributed by atoms with van der Waals surface area (Å²) < 4.78 is 5.98. The molecule has 5 nitrogen and oxygen atoms in total. The Labute approximate surface area is 130 Å². The topological polar surface area (TPSA) is 76.0 Å². The van der Waals surface area contributed by atoms with Gasteiger partial charge in [-0.2, -0.15) is 0 Å². The maximum atomic E-state index is 6.18. The van der Waals surface area contributed by atoms with Crippen LogP contribution in [0.4, 0.5) is 5.69 Å². The normalized spacial score (nSPS) is 19.8. The van der Waals surface area contributed by atoms with Crippen LogP contribution >= 0.6 is 0 Å². The van der Waals surface area contributed by atoms with E-state index in [2.05, 4.69) is 27.4 Å². The number of ether oxygens (including phenoxy) is 1. The highest BCUT2D eigenvalue weighted by Gasteiger charge is 2.14. The number of benzene rings is 1. The lowest BCUT2D eigenvalue weighted by molar-refractivity contribution is 0.313. The van der Waals surface area contributed by atoms with Crippen LogP contribution in [0.25, 0.3) is 11.3 Å². The number of imidazole rings is 1. The van der Waals surface area contributed by atoms with Crippen molar-refractivity contribution in [1.82, 2.24) is 9.97 Å². The van der Waals surface area contributed by atoms with Gasteiger partial charge in [-0.25, -0.2) is 4.98 Å². The van der Waals surface area contributed by atoms with Gasteiger partial charge < -0.3 is 20.8 Å². The number of rotatable bonds is 1. The molecule has 3 rings (SSSR count). The van der Waals surface area contributed by atoms with Gasteiger partial charge in [0, 0.05) is 24.4 Å². The van der Waals surface area contributed by atoms with Gasteiger partial charge in [0.2, 0.25) is 0 Å². The number of aromatic nitrogens is 2. The third kappa shape index (κ3) is 3.14. The summed E-state index contributed by atoms with van der Waals surface area (Å²) >= 11 is 0. The molecule has 5 heteroatoms. The molecule has 0 spiro atoms. The van der Waals surface area contributed by atoms with E-state index in [-0.39, 0.29) is 6.04 Å². The Balaban J connectivity index is 2.00. The zero-order valence-electron chi connectivity index (χ0n) is 12.8. The number of aromatic amines is 1. The van der Waals surface area contributed by atoms with Crippen LogP contribution in [0.5, 0.6) is 5.75 Å². The van der Waals surface area contributed by atoms with Crippen LogP contribution in [0.15, 0.2) is 36.5 Å². The smallest absolute Gasteiger partial charge is 0.130 e. The molecule has 116 valence electrons. The molecule has 2 bridgehead atoms. The number of H-pyrrole nitrogens is 1. The largest absolute Gasteiger partial charge is 0.493 e. The molecule has 2 aromatic rings. The minimum atomic E-state index is -0.105. The lowest BCUT2D eigenvalue weighted by atomic mass is 10.1. The highest BCUT2D eigenvalue weighted by Crippen LogP contribution is 2.32. The second kappa shape index (κ2) is 6.66. The molecular formula is C17H22N4O. The first kappa shape index (κ1) is 14.7. The van der Waals surface area contributed by atoms with Crippen LogP contribution in [0, 0.1) is 0 Å². The van der Waals surface area contributed by atoms with Crippen molar-refractivity contribution in [2.75, 3.05) is 19.0 Å². The van der Waals surface area contributed by atoms with E-state index >= 15 is 0 Å². The van der Waals surface area contributed by atoms with Crippen molar-refractivity contribution in [3.8, 4) is 17.0 Å². The van der Waals surface area contributed by atoms with Crippen LogP contribution in [-0.2, 0) is 0 Å². The molecule has 0 radical (unpaired) electrons. The van der Waals surface area contributed by atoms with E-state index < -0.39 is 0 Å². The average Bonchev–Trinajstić information content (AvgIpc) is 3.03. The van der Waals surface area contributed by atoms with Gasteiger partial charge in [-0.1, -0.05) is 12.2 Å². The molecule has 2 heterocycles. The maximum Gasteiger partial charge on any atom is 0.130 e. The predicted molar refractivity (Wildman–Crippen MR) is 89.0 cm³/mol. The second-order valence-electron chi connectivity index (χ2n) is 5.45. The van der Waals surface area contributed by atoms with E-state index in [0.717, 1.165) is 47.8 Å². The standard InChI is InChI=1S/C17H22N4O/c1-19-12-7-8-13-15-11-20-17(21-15)14(18)6-4-2-3-5-9-22-16(13)10-12/h2,4,7-8,10-11,14,19H,3,5-6,9,18H2,1H3,(H,20,21)/b4-2+. The van der Waals surface area contributed by atoms with Crippen LogP contribution in [0.1, 0.15) is 31.1 Å². The third-order valence-electron chi connectivity index (χ3n) is 3.84. The van der Waals surface area contributed by atoms with Gasteiger partial charge >= 0.3 is 0 Å². The second-order valence-corrected chi connectivity index (χ2v) is 5.45. The summed E-state index contributed by atoms with van der Waals surface area (Å²) in [7, 11) is 1.90. The van der Waals surface area contributed by atoms with Crippen molar-refractivity contribution in [3.05, 3.63) is 42.4 Å². The zero-order chi connectivity index (χ0) is 15.4. The molecule has 0 saturated carbocycles. The summed E-state index contributed by atoms with van der Waals surface area (Å²) in [6.07, 6.45) is 8.89. The first-order valence-corrected chi connectivity index (χ1v) is 7.68. The first-order chi connectivity index (χ1) is 10.8. The summed E-state index contributed by atoms with van der Waals surface area (Å²) in [4.78, 5) is 7.75. The summed E-state index contributed by atoms with van der Waals surface area (Å²) in [5, 5.41) is 3.14. The van der Waals surface area contributed by atoms with Crippen LogP contribution in [0.2, 0.25) is 0 Å². The monoisotopic (exact) mass is 298 g/mol. The predicted octanol–water partition coefficient (Wildman–Crippen LogP) is 3.24. The fraction of sp³-hybridized carbons (Fsp3) is 0.353. The van der Waals surface area contributed by atoms with Crippen LogP contribution in [0.3, 0.4) is 0 Å². The van der Waals surface area contributed by atoms with Gasteiger partial charge in [-0.3, -0.25) is 0 Å². The van der Waals surface area contributed by atoms with Crippen molar-refractivity contribution in [2.24, 2.45) is 5.73 Å². The highest BCUT2D eigenvalue weighted by molar-refractivity contribution is 5.70. The van der Waals surface area contributed by atoms with Gasteiger partial charge in [0.1, 0.15) is 11.6 Å². The molecule has 0 amide bonds. The highest BCUT2D eigenvalue weighted by atomic mass is 16.5. The van der Waals surface area contributed by atoms with Gasteiger partial charge in [-0.15, -0.1) is 0 Å². The lowest BCUT2D eigenvalue weighted by Gasteiger charge is -2.12. The summed E-state index contributed by atoms with van der Waals surface area (Å²) in [5.41, 5.74) is 9.16. The third-order valence-corrected chi connectivity index (χ3v) is 3.84. The van der Waals surface area contributed by atoms with Gasteiger partial charge in [-0.05, 0) is 31.4 Å². The lowest BCUT2D eigenvalue weighted by Crippen LogP contribution is -2.10. The Kier molecular flexibility index (Phi) is 4.44. The van der Waals surface area contributed by atoms with Crippen molar-refractivity contribution >= 4 is 5.69 Å². The minimum absolute atomic E-state index is 0.105. The van der Waals surface area contributed by atoms with Crippen molar-refractivity contribution in [3.63, 3.8) is 0 Å². The SMILES string of the molecule is CNc1ccc2c(c1)OCCC/C=C/CC(N)c1ncc-2[nH]1. The number of nitrogens with zero attached hydrogens (tertiary/aromatic N) is 1. The number of hydrogen-bond donors (Lipinski definition) is 3. The quantitative estimate of drug-likeness (QED) is 0.706. The Hall–Kier alpha value is -2.27. The molecule has 1 aliphatic rings. The van der Waals surface area contributed by atoms with E-state index in [0.29, 0.717) is 6.61 Å². The molecule has 1 aromatic carbocycles.